The predicted molar refractivity (Wildman–Crippen MR) is 230 cm³/mol. The average Bonchev–Trinajstić information content (AvgIpc) is 3.78. The maximum absolute atomic E-state index is 16.9. The summed E-state index contributed by atoms with van der Waals surface area (Å²) in [5.41, 5.74) is -8.73. The van der Waals surface area contributed by atoms with E-state index in [-0.39, 0.29) is 47.3 Å². The molecule has 0 N–H and O–H groups in total. The number of benzene rings is 5. The quantitative estimate of drug-likeness (QED) is 0.0192. The van der Waals surface area contributed by atoms with Crippen LogP contribution in [0.3, 0.4) is 0 Å². The van der Waals surface area contributed by atoms with Crippen LogP contribution in [0.1, 0.15) is 101 Å². The SMILES string of the molecule is CC(C)c1cccc(C(C)C)c1-n1[c-][n+](-c2c(C(C)C)cccc2C(C)C)cc1[B-](c1c(F)c(F)c(F)c(F)c1F)(c1c(F)c(F)c(F)c(F)c1F)c1c(F)c(F)c(F)c(F)c1F.ClCCl.[C-]#[O+].[C-]#[O+].[Rh]. The number of para-hydroxylation sites is 2. The van der Waals surface area contributed by atoms with Crippen molar-refractivity contribution in [3.8, 4) is 11.4 Å². The molecule has 0 aliphatic carbocycles. The zero-order chi connectivity index (χ0) is 53.8. The van der Waals surface area contributed by atoms with Crippen molar-refractivity contribution in [1.29, 1.82) is 0 Å². The van der Waals surface area contributed by atoms with Crippen LogP contribution >= 0.6 is 23.2 Å². The Balaban J connectivity index is 0.00000205. The van der Waals surface area contributed by atoms with Gasteiger partial charge in [0.25, 0.3) is 6.33 Å². The molecule has 4 nitrogen and oxygen atoms in total. The molecule has 23 heteroatoms. The van der Waals surface area contributed by atoms with Gasteiger partial charge in [-0.05, 0) is 45.9 Å². The zero-order valence-electron chi connectivity index (χ0n) is 38.1. The Bertz CT molecular complexity index is 2670. The Morgan fingerprint density at radius 1 is 0.465 bits per heavy atom. The van der Waals surface area contributed by atoms with Crippen LogP contribution in [-0.2, 0) is 28.8 Å². The number of rotatable bonds is 10. The molecule has 6 aromatic rings. The van der Waals surface area contributed by atoms with Crippen molar-refractivity contribution in [2.24, 2.45) is 0 Å². The first-order valence-electron chi connectivity index (χ1n) is 20.4. The molecule has 0 fully saturated rings. The summed E-state index contributed by atoms with van der Waals surface area (Å²) in [6.45, 7) is 22.1. The molecule has 1 radical (unpaired) electrons. The second kappa shape index (κ2) is 25.1. The van der Waals surface area contributed by atoms with Crippen LogP contribution < -0.4 is 26.5 Å². The van der Waals surface area contributed by atoms with E-state index in [0.717, 1.165) is 4.57 Å². The molecule has 0 amide bonds. The first-order valence-corrected chi connectivity index (χ1v) is 21.4. The van der Waals surface area contributed by atoms with E-state index in [9.17, 15) is 13.2 Å². The van der Waals surface area contributed by atoms with Crippen molar-refractivity contribution in [3.63, 3.8) is 0 Å². The molecule has 71 heavy (non-hydrogen) atoms. The monoisotopic (exact) mass is 1140 g/mol. The minimum absolute atomic E-state index is 0. The summed E-state index contributed by atoms with van der Waals surface area (Å²) in [5.74, 6) is -48.3. The van der Waals surface area contributed by atoms with E-state index in [4.69, 9.17) is 32.5 Å². The molecule has 0 spiro atoms. The molecule has 0 saturated carbocycles. The Labute approximate surface area is 420 Å². The van der Waals surface area contributed by atoms with E-state index in [1.54, 1.807) is 73.6 Å². The second-order valence-corrected chi connectivity index (χ2v) is 17.3. The number of nitrogens with zero attached hydrogens (tertiary/aromatic N) is 2. The minimum atomic E-state index is -6.18. The number of hydrogen-bond donors (Lipinski definition) is 0. The third kappa shape index (κ3) is 10.7. The third-order valence-electron chi connectivity index (χ3n) is 11.4. The molecule has 0 aliphatic rings. The molecular weight excluding hydrogens is 1110 g/mol. The van der Waals surface area contributed by atoms with Gasteiger partial charge in [-0.2, -0.15) is 0 Å². The van der Waals surface area contributed by atoms with Gasteiger partial charge in [0.15, 0.2) is 52.4 Å². The first kappa shape index (κ1) is 62.1. The van der Waals surface area contributed by atoms with E-state index in [2.05, 4.69) is 19.6 Å². The summed E-state index contributed by atoms with van der Waals surface area (Å²) in [7, 11) is 0. The van der Waals surface area contributed by atoms with Gasteiger partial charge in [-0.25, -0.2) is 65.9 Å². The molecule has 1 aromatic heterocycles. The van der Waals surface area contributed by atoms with Crippen LogP contribution in [0.25, 0.3) is 11.4 Å². The smallest absolute Gasteiger partial charge is 0 e. The fraction of sp³-hybridized carbons (Fsp3) is 0.271. The molecule has 0 saturated heterocycles. The summed E-state index contributed by atoms with van der Waals surface area (Å²) < 4.78 is 257. The molecule has 6 rings (SSSR count). The maximum atomic E-state index is 16.9. The van der Waals surface area contributed by atoms with Crippen LogP contribution in [0.4, 0.5) is 65.9 Å². The summed E-state index contributed by atoms with van der Waals surface area (Å²) in [4.78, 5) is 0. The number of alkyl halides is 2. The largest absolute Gasteiger partial charge is 0 e. The minimum Gasteiger partial charge on any atom is 0 e. The van der Waals surface area contributed by atoms with Crippen LogP contribution in [0.2, 0.25) is 0 Å². The second-order valence-electron chi connectivity index (χ2n) is 16.5. The van der Waals surface area contributed by atoms with Gasteiger partial charge < -0.3 is 9.13 Å². The summed E-state index contributed by atoms with van der Waals surface area (Å²) in [5, 5.41) is 0.194. The molecule has 1 heterocycles. The molecule has 383 valence electrons. The average molecular weight is 1140 g/mol. The van der Waals surface area contributed by atoms with Crippen molar-refractivity contribution in [3.05, 3.63) is 172 Å². The van der Waals surface area contributed by atoms with E-state index >= 15 is 52.7 Å². The summed E-state index contributed by atoms with van der Waals surface area (Å²) in [6.07, 6.45) is -2.84. The molecule has 0 atom stereocenters. The molecule has 0 unspecified atom stereocenters. The Kier molecular flexibility index (Phi) is 22.0. The molecule has 5 aromatic carbocycles. The fourth-order valence-corrected chi connectivity index (χ4v) is 8.43. The van der Waals surface area contributed by atoms with Crippen molar-refractivity contribution < 1.29 is 99.2 Å². The normalized spacial score (nSPS) is 11.2. The van der Waals surface area contributed by atoms with Crippen LogP contribution in [0, 0.1) is 107 Å². The fourth-order valence-electron chi connectivity index (χ4n) is 8.43. The Morgan fingerprint density at radius 3 is 0.930 bits per heavy atom. The van der Waals surface area contributed by atoms with Crippen molar-refractivity contribution in [2.75, 3.05) is 5.34 Å². The summed E-state index contributed by atoms with van der Waals surface area (Å²) >= 11 is 9.53. The van der Waals surface area contributed by atoms with Gasteiger partial charge in [0.2, 0.25) is 0 Å². The van der Waals surface area contributed by atoms with Crippen molar-refractivity contribution >= 4 is 51.3 Å². The van der Waals surface area contributed by atoms with Crippen LogP contribution in [0.5, 0.6) is 0 Å². The van der Waals surface area contributed by atoms with Crippen LogP contribution in [-0.4, -0.2) is 16.1 Å². The van der Waals surface area contributed by atoms with Gasteiger partial charge in [-0.1, -0.05) is 97.4 Å². The number of halogens is 17. The molecular formula is C48H37BCl2F15N2O2Rh-. The molecule has 0 bridgehead atoms. The van der Waals surface area contributed by atoms with Crippen LogP contribution in [0.15, 0.2) is 42.6 Å². The number of imidazole rings is 1. The van der Waals surface area contributed by atoms with E-state index in [0.29, 0.717) is 21.9 Å². The van der Waals surface area contributed by atoms with Gasteiger partial charge in [0.05, 0.1) is 16.7 Å². The maximum Gasteiger partial charge on any atom is 0 e. The van der Waals surface area contributed by atoms with Gasteiger partial charge in [0, 0.05) is 25.7 Å². The topological polar surface area (TPSA) is 48.6 Å². The van der Waals surface area contributed by atoms with Gasteiger partial charge in [-0.15, -0.1) is 39.6 Å². The first-order chi connectivity index (χ1) is 32.8. The van der Waals surface area contributed by atoms with Gasteiger partial charge in [0.1, 0.15) is 41.0 Å². The molecule has 0 aliphatic heterocycles. The number of aromatic nitrogens is 2. The number of hydrogen-bond acceptors (Lipinski definition) is 0. The Hall–Kier alpha value is -4.99. The van der Waals surface area contributed by atoms with Gasteiger partial charge >= 0.3 is 22.6 Å². The van der Waals surface area contributed by atoms with E-state index < -0.39 is 139 Å². The van der Waals surface area contributed by atoms with Crippen molar-refractivity contribution in [1.82, 2.24) is 4.57 Å². The van der Waals surface area contributed by atoms with E-state index in [1.807, 2.05) is 0 Å². The standard InChI is InChI=1S/C45H35BF15N2.CH2Cl2.2CO.Rh/c1-17(2)21-11-9-12-22(18(3)4)44(21)62-15-25(63(16-62)45-23(19(5)6)13-10-14-24(45)20(7)8)46(26-29(47)35(53)41(59)36(54)30(26)48,27-31(49)37(55)42(60)38(56)32(27)50)28-33(51)39(57)43(61)40(58)34(28)52;2-1-3;2*1-2;/h9-15,17-20H,1-8H3;1H2;;;/q-1;;;;. The predicted octanol–water partition coefficient (Wildman–Crippen LogP) is 11.9. The summed E-state index contributed by atoms with van der Waals surface area (Å²) in [6, 6.07) is 9.12. The Morgan fingerprint density at radius 2 is 0.690 bits per heavy atom. The van der Waals surface area contributed by atoms with Gasteiger partial charge in [-0.3, -0.25) is 0 Å². The zero-order valence-corrected chi connectivity index (χ0v) is 41.3. The van der Waals surface area contributed by atoms with Crippen molar-refractivity contribution in [2.45, 2.75) is 79.1 Å². The third-order valence-corrected chi connectivity index (χ3v) is 11.4. The van der Waals surface area contributed by atoms with E-state index in [1.165, 1.54) is 18.2 Å².